The molecular weight excluding hydrogens is 461 g/mol. The second kappa shape index (κ2) is 11.8. The summed E-state index contributed by atoms with van der Waals surface area (Å²) >= 11 is 0.745. The van der Waals surface area contributed by atoms with Crippen molar-refractivity contribution in [3.63, 3.8) is 0 Å². The summed E-state index contributed by atoms with van der Waals surface area (Å²) in [6.45, 7) is 3.66. The molecule has 0 radical (unpaired) electrons. The second-order valence-corrected chi connectivity index (χ2v) is 8.99. The number of carbonyl (C=O) groups excluding carboxylic acids is 1. The van der Waals surface area contributed by atoms with Crippen molar-refractivity contribution < 1.29 is 19.0 Å². The lowest BCUT2D eigenvalue weighted by Gasteiger charge is -2.18. The van der Waals surface area contributed by atoms with Gasteiger partial charge in [-0.3, -0.25) is 24.9 Å². The van der Waals surface area contributed by atoms with E-state index in [1.54, 1.807) is 13.0 Å². The van der Waals surface area contributed by atoms with Gasteiger partial charge in [0, 0.05) is 24.1 Å². The van der Waals surface area contributed by atoms with E-state index in [0.29, 0.717) is 23.8 Å². The molecule has 3 aromatic heterocycles. The van der Waals surface area contributed by atoms with Crippen LogP contribution in [-0.4, -0.2) is 44.9 Å². The Labute approximate surface area is 200 Å². The smallest absolute Gasteiger partial charge is 0.324 e. The number of H-pyrrole nitrogens is 1. The molecule has 1 aliphatic rings. The molecule has 0 saturated heterocycles. The minimum absolute atomic E-state index is 0.102. The van der Waals surface area contributed by atoms with Crippen molar-refractivity contribution in [2.24, 2.45) is 5.92 Å². The first-order valence-electron chi connectivity index (χ1n) is 11.0. The molecule has 1 saturated carbocycles. The first-order chi connectivity index (χ1) is 16.3. The molecule has 0 atom stereocenters. The molecule has 1 amide bonds. The summed E-state index contributed by atoms with van der Waals surface area (Å²) in [5.74, 6) is -0.333. The van der Waals surface area contributed by atoms with Gasteiger partial charge in [-0.2, -0.15) is 0 Å². The molecule has 4 rings (SSSR count). The van der Waals surface area contributed by atoms with Crippen molar-refractivity contribution in [1.82, 2.24) is 20.2 Å². The van der Waals surface area contributed by atoms with E-state index in [1.165, 1.54) is 58.5 Å². The molecule has 0 aliphatic heterocycles. The predicted molar refractivity (Wildman–Crippen MR) is 128 cm³/mol. The lowest BCUT2D eigenvalue weighted by molar-refractivity contribution is 0.102. The minimum atomic E-state index is -0.589. The maximum absolute atomic E-state index is 14.8. The highest BCUT2D eigenvalue weighted by Gasteiger charge is 2.22. The van der Waals surface area contributed by atoms with E-state index < -0.39 is 16.6 Å². The number of aryl methyl sites for hydroxylation is 2. The van der Waals surface area contributed by atoms with Crippen molar-refractivity contribution in [1.29, 1.82) is 0 Å². The van der Waals surface area contributed by atoms with Gasteiger partial charge in [-0.15, -0.1) is 5.10 Å². The number of methoxy groups -OCH3 is 1. The highest BCUT2D eigenvalue weighted by molar-refractivity contribution is 7.13. The Morgan fingerprint density at radius 2 is 2.00 bits per heavy atom. The number of aliphatic hydroxyl groups excluding tert-OH is 1. The van der Waals surface area contributed by atoms with Gasteiger partial charge in [0.15, 0.2) is 5.82 Å². The van der Waals surface area contributed by atoms with Crippen LogP contribution in [0.2, 0.25) is 0 Å². The monoisotopic (exact) mass is 489 g/mol. The van der Waals surface area contributed by atoms with Crippen molar-refractivity contribution in [2.75, 3.05) is 19.0 Å². The maximum Gasteiger partial charge on any atom is 0.324 e. The van der Waals surface area contributed by atoms with Crippen LogP contribution in [0.15, 0.2) is 23.3 Å². The quantitative estimate of drug-likeness (QED) is 0.496. The van der Waals surface area contributed by atoms with Gasteiger partial charge in [0.1, 0.15) is 5.75 Å². The number of hydrogen-bond acceptors (Lipinski definition) is 8. The molecule has 34 heavy (non-hydrogen) atoms. The molecule has 0 unspecified atom stereocenters. The lowest BCUT2D eigenvalue weighted by atomic mass is 9.90. The topological polar surface area (TPSA) is 130 Å². The summed E-state index contributed by atoms with van der Waals surface area (Å²) in [5.41, 5.74) is 1.30. The number of hydrogen-bond donors (Lipinski definition) is 3. The average molecular weight is 490 g/mol. The van der Waals surface area contributed by atoms with E-state index in [9.17, 15) is 14.0 Å². The summed E-state index contributed by atoms with van der Waals surface area (Å²) < 4.78 is 20.0. The van der Waals surface area contributed by atoms with Crippen LogP contribution in [-0.2, 0) is 0 Å². The highest BCUT2D eigenvalue weighted by atomic mass is 32.1. The first kappa shape index (κ1) is 25.4. The fourth-order valence-electron chi connectivity index (χ4n) is 3.74. The van der Waals surface area contributed by atoms with Gasteiger partial charge < -0.3 is 9.84 Å². The first-order valence-corrected chi connectivity index (χ1v) is 11.8. The van der Waals surface area contributed by atoms with Crippen LogP contribution >= 0.6 is 11.3 Å². The summed E-state index contributed by atoms with van der Waals surface area (Å²) in [7, 11) is 1.39. The third-order valence-corrected chi connectivity index (χ3v) is 6.24. The molecule has 3 aromatic rings. The number of amides is 1. The van der Waals surface area contributed by atoms with Gasteiger partial charge in [0.05, 0.1) is 30.1 Å². The summed E-state index contributed by atoms with van der Waals surface area (Å²) in [6.07, 6.45) is 9.31. The third-order valence-electron chi connectivity index (χ3n) is 5.58. The molecule has 3 N–H and O–H groups in total. The molecule has 9 nitrogen and oxygen atoms in total. The molecule has 0 aromatic carbocycles. The number of halogens is 1. The van der Waals surface area contributed by atoms with Crippen LogP contribution in [0.3, 0.4) is 0 Å². The van der Waals surface area contributed by atoms with Gasteiger partial charge in [0.2, 0.25) is 5.13 Å². The van der Waals surface area contributed by atoms with Gasteiger partial charge in [-0.25, -0.2) is 9.49 Å². The Balaban J connectivity index is 0.000000343. The lowest BCUT2D eigenvalue weighted by Crippen LogP contribution is -2.14. The summed E-state index contributed by atoms with van der Waals surface area (Å²) in [4.78, 5) is 31.5. The average Bonchev–Trinajstić information content (AvgIpc) is 3.25. The molecular formula is C23H28FN5O4S. The number of carbonyl (C=O) groups is 1. The molecule has 0 bridgehead atoms. The van der Waals surface area contributed by atoms with E-state index in [1.807, 2.05) is 0 Å². The Hall–Kier alpha value is -3.18. The standard InChI is InChI=1S/C16H14FN5O3S.C7H14O/c1-7-4-9(12-11(25-3)6-19-8(2)13(12)17)10(5-18-7)14(23)20-15-21-22-16(24)26-15;8-6-7-4-2-1-3-5-7/h4-6H,1-3H3,(H,22,24)(H,20,21,23);7-8H,1-6H2. The number of aliphatic hydroxyl groups is 1. The SMILES string of the molecule is COc1cnc(C)c(F)c1-c1cc(C)ncc1C(=O)Nc1n[nH]c(=O)s1.OCC1CCCCC1. The number of nitrogens with zero attached hydrogens (tertiary/aromatic N) is 3. The van der Waals surface area contributed by atoms with Crippen LogP contribution in [0.1, 0.15) is 53.8 Å². The zero-order chi connectivity index (χ0) is 24.7. The number of anilines is 1. The Kier molecular flexibility index (Phi) is 8.83. The summed E-state index contributed by atoms with van der Waals surface area (Å²) in [6, 6.07) is 1.59. The number of pyridine rings is 2. The molecule has 3 heterocycles. The molecule has 0 spiro atoms. The maximum atomic E-state index is 14.8. The van der Waals surface area contributed by atoms with E-state index in [4.69, 9.17) is 9.84 Å². The van der Waals surface area contributed by atoms with Gasteiger partial charge in [-0.05, 0) is 50.0 Å². The summed E-state index contributed by atoms with van der Waals surface area (Å²) in [5, 5.41) is 17.2. The van der Waals surface area contributed by atoms with Gasteiger partial charge in [0.25, 0.3) is 5.91 Å². The normalized spacial score (nSPS) is 13.7. The Bertz CT molecular complexity index is 1190. The van der Waals surface area contributed by atoms with Crippen molar-refractivity contribution in [2.45, 2.75) is 46.0 Å². The van der Waals surface area contributed by atoms with Crippen molar-refractivity contribution in [3.05, 3.63) is 50.9 Å². The van der Waals surface area contributed by atoms with E-state index >= 15 is 0 Å². The van der Waals surface area contributed by atoms with Crippen molar-refractivity contribution >= 4 is 22.4 Å². The molecule has 1 aliphatic carbocycles. The largest absolute Gasteiger partial charge is 0.494 e. The van der Waals surface area contributed by atoms with Gasteiger partial charge in [-0.1, -0.05) is 19.3 Å². The molecule has 1 fully saturated rings. The number of ether oxygens (including phenoxy) is 1. The number of rotatable bonds is 5. The fourth-order valence-corrected chi connectivity index (χ4v) is 4.24. The van der Waals surface area contributed by atoms with Gasteiger partial charge >= 0.3 is 4.87 Å². The zero-order valence-electron chi connectivity index (χ0n) is 19.4. The van der Waals surface area contributed by atoms with Crippen LogP contribution < -0.4 is 14.9 Å². The second-order valence-electron chi connectivity index (χ2n) is 8.03. The predicted octanol–water partition coefficient (Wildman–Crippen LogP) is 3.86. The van der Waals surface area contributed by atoms with E-state index in [2.05, 4.69) is 25.5 Å². The fraction of sp³-hybridized carbons (Fsp3) is 0.435. The van der Waals surface area contributed by atoms with Crippen LogP contribution in [0.25, 0.3) is 11.1 Å². The van der Waals surface area contributed by atoms with Crippen LogP contribution in [0.5, 0.6) is 5.75 Å². The van der Waals surface area contributed by atoms with Crippen LogP contribution in [0.4, 0.5) is 9.52 Å². The molecule has 182 valence electrons. The van der Waals surface area contributed by atoms with E-state index in [-0.39, 0.29) is 27.7 Å². The minimum Gasteiger partial charge on any atom is -0.494 e. The number of aromatic amines is 1. The number of nitrogens with one attached hydrogen (secondary N) is 2. The third kappa shape index (κ3) is 6.23. The Morgan fingerprint density at radius 3 is 2.59 bits per heavy atom. The zero-order valence-corrected chi connectivity index (χ0v) is 20.2. The highest BCUT2D eigenvalue weighted by Crippen LogP contribution is 2.35. The molecule has 11 heteroatoms. The number of aromatic nitrogens is 4. The van der Waals surface area contributed by atoms with Crippen LogP contribution in [0, 0.1) is 25.6 Å². The Morgan fingerprint density at radius 1 is 1.26 bits per heavy atom. The van der Waals surface area contributed by atoms with E-state index in [0.717, 1.165) is 11.3 Å². The van der Waals surface area contributed by atoms with Crippen molar-refractivity contribution in [3.8, 4) is 16.9 Å².